The molecule has 0 fully saturated rings. The van der Waals surface area contributed by atoms with Crippen LogP contribution in [0.15, 0.2) is 51.9 Å². The maximum absolute atomic E-state index is 12.4. The zero-order valence-electron chi connectivity index (χ0n) is 13.2. The van der Waals surface area contributed by atoms with E-state index in [0.29, 0.717) is 10.9 Å². The van der Waals surface area contributed by atoms with Gasteiger partial charge in [-0.1, -0.05) is 30.0 Å². The third-order valence-corrected chi connectivity index (χ3v) is 4.17. The number of carbonyl (C=O) groups is 2. The lowest BCUT2D eigenvalue weighted by Gasteiger charge is -2.13. The van der Waals surface area contributed by atoms with Gasteiger partial charge in [0.05, 0.1) is 12.4 Å². The van der Waals surface area contributed by atoms with Crippen molar-refractivity contribution in [2.45, 2.75) is 6.92 Å². The fraction of sp³-hybridized carbons (Fsp3) is 0.250. The van der Waals surface area contributed by atoms with E-state index in [4.69, 9.17) is 9.47 Å². The van der Waals surface area contributed by atoms with E-state index >= 15 is 0 Å². The van der Waals surface area contributed by atoms with E-state index in [2.05, 4.69) is 10.1 Å². The van der Waals surface area contributed by atoms with Crippen molar-refractivity contribution in [3.63, 3.8) is 0 Å². The van der Waals surface area contributed by atoms with Gasteiger partial charge in [-0.2, -0.15) is 0 Å². The van der Waals surface area contributed by atoms with Gasteiger partial charge in [-0.15, -0.1) is 5.10 Å². The summed E-state index contributed by atoms with van der Waals surface area (Å²) in [6, 6.07) is 9.32. The van der Waals surface area contributed by atoms with Gasteiger partial charge in [-0.3, -0.25) is 4.79 Å². The highest BCUT2D eigenvalue weighted by Gasteiger charge is 2.34. The summed E-state index contributed by atoms with van der Waals surface area (Å²) < 4.78 is 10.9. The normalized spacial score (nSPS) is 18.9. The molecule has 2 aliphatic rings. The zero-order valence-corrected chi connectivity index (χ0v) is 14.0. The Morgan fingerprint density at radius 2 is 2.12 bits per heavy atom. The fourth-order valence-electron chi connectivity index (χ4n) is 2.18. The average molecular weight is 345 g/mol. The second kappa shape index (κ2) is 6.88. The third kappa shape index (κ3) is 3.18. The second-order valence-corrected chi connectivity index (χ2v) is 5.86. The Morgan fingerprint density at radius 3 is 2.75 bits per heavy atom. The maximum Gasteiger partial charge on any atom is 0.346 e. The van der Waals surface area contributed by atoms with Crippen molar-refractivity contribution in [3.8, 4) is 0 Å². The van der Waals surface area contributed by atoms with Crippen molar-refractivity contribution in [3.05, 3.63) is 47.4 Å². The van der Waals surface area contributed by atoms with Gasteiger partial charge in [-0.25, -0.2) is 14.8 Å². The highest BCUT2D eigenvalue weighted by Crippen LogP contribution is 2.28. The SMILES string of the molecule is CCOC(=O)C(C1=NC(=O)CS1)=C1OC(c2ccccc2)=NN1C. The average Bonchev–Trinajstić information content (AvgIpc) is 3.16. The largest absolute Gasteiger partial charge is 0.462 e. The molecular formula is C16H15N3O4S. The summed E-state index contributed by atoms with van der Waals surface area (Å²) in [6.45, 7) is 1.91. The number of nitrogens with zero attached hydrogens (tertiary/aromatic N) is 3. The fourth-order valence-corrected chi connectivity index (χ4v) is 2.98. The molecular weight excluding hydrogens is 330 g/mol. The van der Waals surface area contributed by atoms with Crippen LogP contribution in [0.1, 0.15) is 12.5 Å². The maximum atomic E-state index is 12.4. The molecule has 2 heterocycles. The van der Waals surface area contributed by atoms with Crippen LogP contribution in [0.25, 0.3) is 0 Å². The number of hydrazone groups is 1. The number of rotatable bonds is 4. The van der Waals surface area contributed by atoms with Crippen molar-refractivity contribution in [2.24, 2.45) is 10.1 Å². The minimum Gasteiger partial charge on any atom is -0.462 e. The summed E-state index contributed by atoms with van der Waals surface area (Å²) in [5.41, 5.74) is 0.893. The van der Waals surface area contributed by atoms with E-state index in [9.17, 15) is 9.59 Å². The minimum absolute atomic E-state index is 0.116. The van der Waals surface area contributed by atoms with Crippen LogP contribution < -0.4 is 0 Å². The Kier molecular flexibility index (Phi) is 4.66. The quantitative estimate of drug-likeness (QED) is 0.611. The molecule has 2 aliphatic heterocycles. The smallest absolute Gasteiger partial charge is 0.346 e. The van der Waals surface area contributed by atoms with E-state index in [1.54, 1.807) is 14.0 Å². The molecule has 7 nitrogen and oxygen atoms in total. The first kappa shape index (κ1) is 16.3. The van der Waals surface area contributed by atoms with Crippen molar-refractivity contribution in [1.82, 2.24) is 5.01 Å². The van der Waals surface area contributed by atoms with Crippen LogP contribution in [-0.2, 0) is 19.1 Å². The summed E-state index contributed by atoms with van der Waals surface area (Å²) in [4.78, 5) is 27.7. The summed E-state index contributed by atoms with van der Waals surface area (Å²) in [6.07, 6.45) is 0. The molecule has 0 aliphatic carbocycles. The van der Waals surface area contributed by atoms with Gasteiger partial charge in [-0.05, 0) is 19.1 Å². The second-order valence-electron chi connectivity index (χ2n) is 4.90. The van der Waals surface area contributed by atoms with Gasteiger partial charge in [0.15, 0.2) is 5.57 Å². The van der Waals surface area contributed by atoms with Gasteiger partial charge < -0.3 is 9.47 Å². The Hall–Kier alpha value is -2.61. The summed E-state index contributed by atoms with van der Waals surface area (Å²) in [5, 5.41) is 6.05. The zero-order chi connectivity index (χ0) is 17.1. The first-order valence-electron chi connectivity index (χ1n) is 7.32. The third-order valence-electron chi connectivity index (χ3n) is 3.21. The molecule has 124 valence electrons. The molecule has 0 unspecified atom stereocenters. The van der Waals surface area contributed by atoms with E-state index in [1.807, 2.05) is 30.3 Å². The molecule has 1 aromatic carbocycles. The number of esters is 1. The van der Waals surface area contributed by atoms with E-state index in [0.717, 1.165) is 5.56 Å². The van der Waals surface area contributed by atoms with Crippen LogP contribution in [0.3, 0.4) is 0 Å². The van der Waals surface area contributed by atoms with Gasteiger partial charge >= 0.3 is 5.97 Å². The molecule has 24 heavy (non-hydrogen) atoms. The predicted molar refractivity (Wildman–Crippen MR) is 90.4 cm³/mol. The lowest BCUT2D eigenvalue weighted by atomic mass is 10.2. The Balaban J connectivity index is 1.99. The number of hydrogen-bond acceptors (Lipinski definition) is 7. The molecule has 8 heteroatoms. The number of aliphatic imine (C=N–C) groups is 1. The standard InChI is InChI=1S/C16H15N3O4S/c1-3-22-16(21)12(14-17-11(20)9-24-14)15-19(2)18-13(23-15)10-7-5-4-6-8-10/h4-8H,3,9H2,1-2H3. The highest BCUT2D eigenvalue weighted by atomic mass is 32.2. The van der Waals surface area contributed by atoms with E-state index < -0.39 is 5.97 Å². The van der Waals surface area contributed by atoms with Gasteiger partial charge in [0.2, 0.25) is 11.8 Å². The number of ether oxygens (including phenoxy) is 2. The van der Waals surface area contributed by atoms with Crippen LogP contribution >= 0.6 is 11.8 Å². The topological polar surface area (TPSA) is 80.6 Å². The number of benzene rings is 1. The lowest BCUT2D eigenvalue weighted by Crippen LogP contribution is -2.21. The molecule has 0 saturated carbocycles. The summed E-state index contributed by atoms with van der Waals surface area (Å²) in [7, 11) is 1.66. The molecule has 0 spiro atoms. The van der Waals surface area contributed by atoms with Crippen LogP contribution in [0.2, 0.25) is 0 Å². The van der Waals surface area contributed by atoms with Crippen LogP contribution in [0.5, 0.6) is 0 Å². The molecule has 1 amide bonds. The number of thioether (sulfide) groups is 1. The Bertz CT molecular complexity index is 771. The molecule has 0 saturated heterocycles. The van der Waals surface area contributed by atoms with Crippen molar-refractivity contribution < 1.29 is 19.1 Å². The first-order chi connectivity index (χ1) is 11.6. The number of hydrogen-bond donors (Lipinski definition) is 0. The van der Waals surface area contributed by atoms with Crippen molar-refractivity contribution >= 4 is 34.6 Å². The van der Waals surface area contributed by atoms with Crippen LogP contribution in [0, 0.1) is 0 Å². The van der Waals surface area contributed by atoms with Gasteiger partial charge in [0.25, 0.3) is 5.91 Å². The molecule has 0 radical (unpaired) electrons. The predicted octanol–water partition coefficient (Wildman–Crippen LogP) is 1.76. The Morgan fingerprint density at radius 1 is 1.38 bits per heavy atom. The monoisotopic (exact) mass is 345 g/mol. The number of amides is 1. The summed E-state index contributed by atoms with van der Waals surface area (Å²) >= 11 is 1.18. The van der Waals surface area contributed by atoms with E-state index in [1.165, 1.54) is 16.8 Å². The number of carbonyl (C=O) groups excluding carboxylic acids is 2. The molecule has 0 atom stereocenters. The minimum atomic E-state index is -0.593. The highest BCUT2D eigenvalue weighted by molar-refractivity contribution is 8.15. The summed E-state index contributed by atoms with van der Waals surface area (Å²) in [5.74, 6) is -0.119. The molecule has 1 aromatic rings. The van der Waals surface area contributed by atoms with Crippen molar-refractivity contribution in [2.75, 3.05) is 19.4 Å². The Labute approximate surface area is 143 Å². The lowest BCUT2D eigenvalue weighted by molar-refractivity contribution is -0.138. The molecule has 0 bridgehead atoms. The van der Waals surface area contributed by atoms with E-state index in [-0.39, 0.29) is 29.7 Å². The molecule has 0 aromatic heterocycles. The van der Waals surface area contributed by atoms with Gasteiger partial charge in [0.1, 0.15) is 5.04 Å². The molecule has 3 rings (SSSR count). The van der Waals surface area contributed by atoms with Crippen LogP contribution in [-0.4, -0.2) is 47.2 Å². The molecule has 0 N–H and O–H groups in total. The van der Waals surface area contributed by atoms with Crippen LogP contribution in [0.4, 0.5) is 0 Å². The van der Waals surface area contributed by atoms with Gasteiger partial charge in [0, 0.05) is 12.6 Å². The first-order valence-corrected chi connectivity index (χ1v) is 8.30. The van der Waals surface area contributed by atoms with Crippen molar-refractivity contribution in [1.29, 1.82) is 0 Å².